The molecule has 0 saturated heterocycles. The Kier molecular flexibility index (Phi) is 5.18. The van der Waals surface area contributed by atoms with Gasteiger partial charge in [-0.2, -0.15) is 5.10 Å². The molecular weight excluding hydrogens is 250 g/mol. The van der Waals surface area contributed by atoms with Crippen LogP contribution in [0.25, 0.3) is 0 Å². The molecule has 2 rings (SSSR count). The van der Waals surface area contributed by atoms with E-state index < -0.39 is 0 Å². The lowest BCUT2D eigenvalue weighted by Crippen LogP contribution is -2.14. The highest BCUT2D eigenvalue weighted by molar-refractivity contribution is 5.32. The minimum Gasteiger partial charge on any atom is -0.496 e. The van der Waals surface area contributed by atoms with Gasteiger partial charge in [-0.3, -0.25) is 4.68 Å². The third kappa shape index (κ3) is 4.10. The molecule has 20 heavy (non-hydrogen) atoms. The lowest BCUT2D eigenvalue weighted by Gasteiger charge is -2.08. The van der Waals surface area contributed by atoms with Crippen LogP contribution >= 0.6 is 0 Å². The first kappa shape index (κ1) is 14.6. The van der Waals surface area contributed by atoms with E-state index in [9.17, 15) is 0 Å². The van der Waals surface area contributed by atoms with Gasteiger partial charge in [0, 0.05) is 31.4 Å². The average molecular weight is 273 g/mol. The summed E-state index contributed by atoms with van der Waals surface area (Å²) >= 11 is 0. The van der Waals surface area contributed by atoms with Gasteiger partial charge in [-0.1, -0.05) is 32.0 Å². The lowest BCUT2D eigenvalue weighted by atomic mass is 10.2. The highest BCUT2D eigenvalue weighted by Gasteiger charge is 2.03. The molecule has 1 heterocycles. The monoisotopic (exact) mass is 273 g/mol. The Bertz CT molecular complexity index is 534. The molecule has 1 aromatic carbocycles. The molecule has 0 amide bonds. The largest absolute Gasteiger partial charge is 0.496 e. The minimum absolute atomic E-state index is 0.615. The first-order valence-corrected chi connectivity index (χ1v) is 7.04. The van der Waals surface area contributed by atoms with E-state index in [2.05, 4.69) is 36.4 Å². The van der Waals surface area contributed by atoms with Crippen LogP contribution in [0.4, 0.5) is 0 Å². The summed E-state index contributed by atoms with van der Waals surface area (Å²) in [5.74, 6) is 1.54. The molecule has 0 spiro atoms. The second-order valence-corrected chi connectivity index (χ2v) is 5.34. The summed E-state index contributed by atoms with van der Waals surface area (Å²) in [4.78, 5) is 0. The Morgan fingerprint density at radius 3 is 2.75 bits per heavy atom. The lowest BCUT2D eigenvalue weighted by molar-refractivity contribution is 0.407. The first-order chi connectivity index (χ1) is 9.69. The van der Waals surface area contributed by atoms with Gasteiger partial charge in [0.15, 0.2) is 0 Å². The zero-order chi connectivity index (χ0) is 14.4. The zero-order valence-electron chi connectivity index (χ0n) is 12.5. The van der Waals surface area contributed by atoms with Crippen LogP contribution in [0.1, 0.15) is 25.1 Å². The van der Waals surface area contributed by atoms with E-state index in [1.165, 1.54) is 0 Å². The number of ether oxygens (including phenoxy) is 1. The van der Waals surface area contributed by atoms with Crippen molar-refractivity contribution in [2.75, 3.05) is 7.11 Å². The molecule has 0 aliphatic heterocycles. The van der Waals surface area contributed by atoms with Crippen molar-refractivity contribution in [3.63, 3.8) is 0 Å². The van der Waals surface area contributed by atoms with Crippen LogP contribution in [0, 0.1) is 5.92 Å². The van der Waals surface area contributed by atoms with Gasteiger partial charge in [0.25, 0.3) is 0 Å². The molecule has 4 nitrogen and oxygen atoms in total. The molecule has 108 valence electrons. The van der Waals surface area contributed by atoms with Gasteiger partial charge in [-0.05, 0) is 18.1 Å². The number of hydrogen-bond donors (Lipinski definition) is 1. The van der Waals surface area contributed by atoms with Gasteiger partial charge in [0.2, 0.25) is 0 Å². The van der Waals surface area contributed by atoms with Crippen molar-refractivity contribution in [2.24, 2.45) is 5.92 Å². The topological polar surface area (TPSA) is 39.1 Å². The normalized spacial score (nSPS) is 11.0. The molecule has 1 aromatic heterocycles. The molecule has 1 N–H and O–H groups in total. The van der Waals surface area contributed by atoms with E-state index in [1.54, 1.807) is 7.11 Å². The fourth-order valence-corrected chi connectivity index (χ4v) is 2.15. The average Bonchev–Trinajstić information content (AvgIpc) is 2.86. The maximum Gasteiger partial charge on any atom is 0.123 e. The van der Waals surface area contributed by atoms with E-state index in [0.717, 1.165) is 36.6 Å². The number of nitrogens with zero attached hydrogens (tertiary/aromatic N) is 2. The van der Waals surface area contributed by atoms with Gasteiger partial charge in [-0.25, -0.2) is 0 Å². The van der Waals surface area contributed by atoms with Crippen molar-refractivity contribution in [2.45, 2.75) is 33.5 Å². The number of rotatable bonds is 7. The summed E-state index contributed by atoms with van der Waals surface area (Å²) in [5, 5.41) is 7.95. The van der Waals surface area contributed by atoms with E-state index in [1.807, 2.05) is 29.1 Å². The number of nitrogens with one attached hydrogen (secondary N) is 1. The van der Waals surface area contributed by atoms with Crippen LogP contribution < -0.4 is 10.1 Å². The van der Waals surface area contributed by atoms with Gasteiger partial charge in [-0.15, -0.1) is 0 Å². The standard InChI is InChI=1S/C16H23N3O/c1-13(2)12-19-9-8-15(18-19)11-17-10-14-6-4-5-7-16(14)20-3/h4-9,13,17H,10-12H2,1-3H3. The molecule has 2 aromatic rings. The molecule has 0 radical (unpaired) electrons. The quantitative estimate of drug-likeness (QED) is 0.843. The molecular formula is C16H23N3O. The van der Waals surface area contributed by atoms with Gasteiger partial charge in [0.05, 0.1) is 12.8 Å². The molecule has 0 atom stereocenters. The molecule has 0 unspecified atom stereocenters. The SMILES string of the molecule is COc1ccccc1CNCc1ccn(CC(C)C)n1. The summed E-state index contributed by atoms with van der Waals surface area (Å²) in [5.41, 5.74) is 2.23. The van der Waals surface area contributed by atoms with Crippen LogP contribution in [0.2, 0.25) is 0 Å². The van der Waals surface area contributed by atoms with Gasteiger partial charge < -0.3 is 10.1 Å². The van der Waals surface area contributed by atoms with Gasteiger partial charge >= 0.3 is 0 Å². The van der Waals surface area contributed by atoms with E-state index in [-0.39, 0.29) is 0 Å². The fourth-order valence-electron chi connectivity index (χ4n) is 2.15. The Balaban J connectivity index is 1.85. The predicted octanol–water partition coefficient (Wildman–Crippen LogP) is 2.84. The molecule has 0 fully saturated rings. The van der Waals surface area contributed by atoms with E-state index in [4.69, 9.17) is 4.74 Å². The van der Waals surface area contributed by atoms with E-state index in [0.29, 0.717) is 5.92 Å². The van der Waals surface area contributed by atoms with Crippen LogP contribution in [0.3, 0.4) is 0 Å². The number of aromatic nitrogens is 2. The van der Waals surface area contributed by atoms with Crippen molar-refractivity contribution in [1.29, 1.82) is 0 Å². The van der Waals surface area contributed by atoms with Crippen molar-refractivity contribution < 1.29 is 4.74 Å². The van der Waals surface area contributed by atoms with Crippen molar-refractivity contribution >= 4 is 0 Å². The first-order valence-electron chi connectivity index (χ1n) is 7.04. The summed E-state index contributed by atoms with van der Waals surface area (Å²) < 4.78 is 7.34. The Morgan fingerprint density at radius 2 is 2.00 bits per heavy atom. The third-order valence-corrected chi connectivity index (χ3v) is 3.06. The zero-order valence-corrected chi connectivity index (χ0v) is 12.5. The highest BCUT2D eigenvalue weighted by Crippen LogP contribution is 2.16. The molecule has 0 saturated carbocycles. The number of methoxy groups -OCH3 is 1. The Labute approximate surface area is 120 Å². The van der Waals surface area contributed by atoms with Crippen LogP contribution in [0.15, 0.2) is 36.5 Å². The van der Waals surface area contributed by atoms with E-state index >= 15 is 0 Å². The maximum absolute atomic E-state index is 5.34. The molecule has 0 aliphatic carbocycles. The molecule has 0 bridgehead atoms. The summed E-state index contributed by atoms with van der Waals surface area (Å²) in [7, 11) is 1.70. The Hall–Kier alpha value is -1.81. The highest BCUT2D eigenvalue weighted by atomic mass is 16.5. The molecule has 0 aliphatic rings. The Morgan fingerprint density at radius 1 is 1.20 bits per heavy atom. The molecule has 4 heteroatoms. The third-order valence-electron chi connectivity index (χ3n) is 3.06. The predicted molar refractivity (Wildman–Crippen MR) is 80.6 cm³/mol. The fraction of sp³-hybridized carbons (Fsp3) is 0.438. The number of para-hydroxylation sites is 1. The summed E-state index contributed by atoms with van der Waals surface area (Å²) in [6, 6.07) is 10.1. The summed E-state index contributed by atoms with van der Waals surface area (Å²) in [6.07, 6.45) is 2.04. The van der Waals surface area contributed by atoms with Crippen LogP contribution in [-0.2, 0) is 19.6 Å². The smallest absolute Gasteiger partial charge is 0.123 e. The second kappa shape index (κ2) is 7.10. The van der Waals surface area contributed by atoms with Gasteiger partial charge in [0.1, 0.15) is 5.75 Å². The van der Waals surface area contributed by atoms with Crippen molar-refractivity contribution in [3.05, 3.63) is 47.8 Å². The second-order valence-electron chi connectivity index (χ2n) is 5.34. The van der Waals surface area contributed by atoms with Crippen molar-refractivity contribution in [1.82, 2.24) is 15.1 Å². The minimum atomic E-state index is 0.615. The number of benzene rings is 1. The van der Waals surface area contributed by atoms with Crippen molar-refractivity contribution in [3.8, 4) is 5.75 Å². The maximum atomic E-state index is 5.34. The van der Waals surface area contributed by atoms with Crippen LogP contribution in [0.5, 0.6) is 5.75 Å². The van der Waals surface area contributed by atoms with Crippen LogP contribution in [-0.4, -0.2) is 16.9 Å². The summed E-state index contributed by atoms with van der Waals surface area (Å²) in [6.45, 7) is 6.90. The number of hydrogen-bond acceptors (Lipinski definition) is 3.